The first kappa shape index (κ1) is 20.1. The molecule has 1 aliphatic rings. The van der Waals surface area contributed by atoms with Crippen molar-refractivity contribution in [1.29, 1.82) is 0 Å². The number of carbonyl (C=O) groups is 2. The van der Waals surface area contributed by atoms with E-state index in [0.29, 0.717) is 23.6 Å². The van der Waals surface area contributed by atoms with Gasteiger partial charge in [-0.3, -0.25) is 4.79 Å². The van der Waals surface area contributed by atoms with Gasteiger partial charge in [-0.2, -0.15) is 0 Å². The summed E-state index contributed by atoms with van der Waals surface area (Å²) in [5.41, 5.74) is 1.70. The number of hydrogen-bond acceptors (Lipinski definition) is 7. The van der Waals surface area contributed by atoms with E-state index in [1.54, 1.807) is 29.5 Å². The highest BCUT2D eigenvalue weighted by atomic mass is 32.1. The fourth-order valence-corrected chi connectivity index (χ4v) is 4.18. The number of methoxy groups -OCH3 is 2. The van der Waals surface area contributed by atoms with E-state index in [2.05, 4.69) is 10.1 Å². The van der Waals surface area contributed by atoms with Crippen molar-refractivity contribution in [1.82, 2.24) is 10.3 Å². The van der Waals surface area contributed by atoms with Gasteiger partial charge in [0.15, 0.2) is 18.1 Å². The highest BCUT2D eigenvalue weighted by Crippen LogP contribution is 2.28. The molecule has 8 heteroatoms. The van der Waals surface area contributed by atoms with Crippen LogP contribution in [0.1, 0.15) is 38.8 Å². The zero-order valence-electron chi connectivity index (χ0n) is 16.1. The van der Waals surface area contributed by atoms with Crippen LogP contribution in [0.2, 0.25) is 0 Å². The summed E-state index contributed by atoms with van der Waals surface area (Å²) in [4.78, 5) is 29.7. The van der Waals surface area contributed by atoms with E-state index < -0.39 is 5.97 Å². The van der Waals surface area contributed by atoms with Crippen molar-refractivity contribution in [2.24, 2.45) is 0 Å². The van der Waals surface area contributed by atoms with Gasteiger partial charge in [-0.1, -0.05) is 0 Å². The summed E-state index contributed by atoms with van der Waals surface area (Å²) in [6, 6.07) is 4.82. The molecule has 1 N–H and O–H groups in total. The van der Waals surface area contributed by atoms with E-state index in [1.807, 2.05) is 0 Å². The largest absolute Gasteiger partial charge is 0.493 e. The monoisotopic (exact) mass is 404 g/mol. The second kappa shape index (κ2) is 9.54. The number of aromatic nitrogens is 1. The van der Waals surface area contributed by atoms with E-state index in [9.17, 15) is 9.59 Å². The van der Waals surface area contributed by atoms with Gasteiger partial charge in [0.05, 0.1) is 24.9 Å². The maximum absolute atomic E-state index is 12.4. The third-order valence-electron chi connectivity index (χ3n) is 4.51. The predicted octanol–water partition coefficient (Wildman–Crippen LogP) is 2.55. The fraction of sp³-hybridized carbons (Fsp3) is 0.450. The lowest BCUT2D eigenvalue weighted by Gasteiger charge is -2.11. The summed E-state index contributed by atoms with van der Waals surface area (Å²) in [5.74, 6) is 0.0637. The van der Waals surface area contributed by atoms with Crippen molar-refractivity contribution in [3.05, 3.63) is 39.3 Å². The Labute approximate surface area is 168 Å². The molecule has 0 saturated carbocycles. The maximum Gasteiger partial charge on any atom is 0.343 e. The Kier molecular flexibility index (Phi) is 6.86. The van der Waals surface area contributed by atoms with Gasteiger partial charge in [-0.05, 0) is 43.9 Å². The Bertz CT molecular complexity index is 826. The van der Waals surface area contributed by atoms with Crippen LogP contribution in [0, 0.1) is 0 Å². The van der Waals surface area contributed by atoms with Crippen LogP contribution in [0.5, 0.6) is 11.5 Å². The number of nitrogens with one attached hydrogen (secondary N) is 1. The number of ether oxygens (including phenoxy) is 3. The van der Waals surface area contributed by atoms with Crippen LogP contribution >= 0.6 is 11.3 Å². The molecule has 0 aliphatic heterocycles. The third-order valence-corrected chi connectivity index (χ3v) is 5.73. The van der Waals surface area contributed by atoms with E-state index in [-0.39, 0.29) is 12.5 Å². The Hall–Kier alpha value is -2.61. The highest BCUT2D eigenvalue weighted by Gasteiger charge is 2.16. The van der Waals surface area contributed by atoms with Gasteiger partial charge in [0, 0.05) is 23.4 Å². The van der Waals surface area contributed by atoms with Gasteiger partial charge < -0.3 is 19.5 Å². The molecule has 1 aromatic heterocycles. The van der Waals surface area contributed by atoms with Crippen molar-refractivity contribution in [2.45, 2.75) is 32.1 Å². The fourth-order valence-electron chi connectivity index (χ4n) is 3.02. The topological polar surface area (TPSA) is 86.8 Å². The summed E-state index contributed by atoms with van der Waals surface area (Å²) < 4.78 is 15.2. The summed E-state index contributed by atoms with van der Waals surface area (Å²) in [6.07, 6.45) is 5.38. The minimum Gasteiger partial charge on any atom is -0.493 e. The van der Waals surface area contributed by atoms with Crippen LogP contribution in [0.15, 0.2) is 18.2 Å². The second-order valence-electron chi connectivity index (χ2n) is 6.42. The zero-order valence-corrected chi connectivity index (χ0v) is 16.9. The number of hydrogen-bond donors (Lipinski definition) is 1. The van der Waals surface area contributed by atoms with Crippen LogP contribution in [-0.4, -0.2) is 44.2 Å². The lowest BCUT2D eigenvalue weighted by Crippen LogP contribution is -2.25. The smallest absolute Gasteiger partial charge is 0.343 e. The molecule has 0 saturated heterocycles. The number of benzene rings is 1. The first-order chi connectivity index (χ1) is 13.6. The molecule has 0 atom stereocenters. The molecular weight excluding hydrogens is 380 g/mol. The summed E-state index contributed by atoms with van der Waals surface area (Å²) in [7, 11) is 2.77. The van der Waals surface area contributed by atoms with E-state index in [4.69, 9.17) is 14.5 Å². The van der Waals surface area contributed by atoms with Crippen molar-refractivity contribution < 1.29 is 23.8 Å². The number of thiazole rings is 1. The lowest BCUT2D eigenvalue weighted by atomic mass is 10.0. The number of carbonyl (C=O) groups excluding carboxylic acids is 2. The molecular formula is C20H24N2O5S. The minimum absolute atomic E-state index is 0.195. The number of fused-ring (bicyclic) bond motifs is 1. The summed E-state index contributed by atoms with van der Waals surface area (Å²) in [6.45, 7) is 0.296. The second-order valence-corrected chi connectivity index (χ2v) is 7.59. The zero-order chi connectivity index (χ0) is 19.9. The molecule has 0 unspecified atom stereocenters. The molecule has 0 spiro atoms. The van der Waals surface area contributed by atoms with E-state index >= 15 is 0 Å². The highest BCUT2D eigenvalue weighted by molar-refractivity contribution is 7.11. The SMILES string of the molecule is COC(=O)COc1ccc(C(=O)NCCc2nc3c(s2)CCCC3)cc1OC. The number of rotatable bonds is 8. The number of amides is 1. The van der Waals surface area contributed by atoms with Gasteiger partial charge in [0.2, 0.25) is 0 Å². The average Bonchev–Trinajstić information content (AvgIpc) is 3.14. The van der Waals surface area contributed by atoms with E-state index in [0.717, 1.165) is 24.3 Å². The Balaban J connectivity index is 1.54. The Morgan fingerprint density at radius 2 is 2.00 bits per heavy atom. The number of nitrogens with zero attached hydrogens (tertiary/aromatic N) is 1. The average molecular weight is 404 g/mol. The number of aryl methyl sites for hydroxylation is 2. The minimum atomic E-state index is -0.493. The Morgan fingerprint density at radius 3 is 2.75 bits per heavy atom. The normalized spacial score (nSPS) is 12.8. The summed E-state index contributed by atoms with van der Waals surface area (Å²) in [5, 5.41) is 4.00. The number of esters is 1. The van der Waals surface area contributed by atoms with E-state index in [1.165, 1.54) is 37.6 Å². The van der Waals surface area contributed by atoms with Crippen LogP contribution in [0.4, 0.5) is 0 Å². The quantitative estimate of drug-likeness (QED) is 0.681. The predicted molar refractivity (Wildman–Crippen MR) is 105 cm³/mol. The van der Waals surface area contributed by atoms with Crippen molar-refractivity contribution in [2.75, 3.05) is 27.4 Å². The molecule has 1 amide bonds. The molecule has 7 nitrogen and oxygen atoms in total. The molecule has 1 aromatic carbocycles. The molecule has 1 heterocycles. The van der Waals surface area contributed by atoms with Crippen molar-refractivity contribution >= 4 is 23.2 Å². The molecule has 3 rings (SSSR count). The molecule has 0 radical (unpaired) electrons. The molecule has 1 aliphatic carbocycles. The van der Waals surface area contributed by atoms with Gasteiger partial charge in [-0.15, -0.1) is 11.3 Å². The molecule has 2 aromatic rings. The maximum atomic E-state index is 12.4. The molecule has 28 heavy (non-hydrogen) atoms. The molecule has 0 bridgehead atoms. The van der Waals surface area contributed by atoms with Crippen molar-refractivity contribution in [3.63, 3.8) is 0 Å². The first-order valence-electron chi connectivity index (χ1n) is 9.24. The van der Waals surface area contributed by atoms with Crippen LogP contribution in [-0.2, 0) is 28.8 Å². The van der Waals surface area contributed by atoms with Crippen LogP contribution < -0.4 is 14.8 Å². The first-order valence-corrected chi connectivity index (χ1v) is 10.1. The van der Waals surface area contributed by atoms with Gasteiger partial charge in [0.25, 0.3) is 5.91 Å². The van der Waals surface area contributed by atoms with Crippen LogP contribution in [0.25, 0.3) is 0 Å². The standard InChI is InChI=1S/C20H24N2O5S/c1-25-16-11-13(7-8-15(16)27-12-19(23)26-2)20(24)21-10-9-18-22-14-5-3-4-6-17(14)28-18/h7-8,11H,3-6,9-10,12H2,1-2H3,(H,21,24). The Morgan fingerprint density at radius 1 is 1.18 bits per heavy atom. The third kappa shape index (κ3) is 5.01. The van der Waals surface area contributed by atoms with Gasteiger partial charge >= 0.3 is 5.97 Å². The van der Waals surface area contributed by atoms with Gasteiger partial charge in [-0.25, -0.2) is 9.78 Å². The molecule has 150 valence electrons. The lowest BCUT2D eigenvalue weighted by molar-refractivity contribution is -0.142. The van der Waals surface area contributed by atoms with Crippen molar-refractivity contribution in [3.8, 4) is 11.5 Å². The molecule has 0 fully saturated rings. The summed E-state index contributed by atoms with van der Waals surface area (Å²) >= 11 is 1.76. The van der Waals surface area contributed by atoms with Crippen LogP contribution in [0.3, 0.4) is 0 Å². The van der Waals surface area contributed by atoms with Gasteiger partial charge in [0.1, 0.15) is 0 Å².